The lowest BCUT2D eigenvalue weighted by Crippen LogP contribution is -2.36. The molecular weight excluding hydrogens is 243 g/mol. The Morgan fingerprint density at radius 2 is 1.29 bits per heavy atom. The average Bonchev–Trinajstić information content (AvgIpc) is 2.68. The van der Waals surface area contributed by atoms with Gasteiger partial charge >= 0.3 is 20.0 Å². The van der Waals surface area contributed by atoms with Crippen molar-refractivity contribution in [3.8, 4) is 0 Å². The van der Waals surface area contributed by atoms with Crippen LogP contribution in [0.2, 0.25) is 0 Å². The van der Waals surface area contributed by atoms with Crippen LogP contribution in [0.1, 0.15) is 27.7 Å². The molecule has 0 bridgehead atoms. The summed E-state index contributed by atoms with van der Waals surface area (Å²) in [5.74, 6) is -0.503. The van der Waals surface area contributed by atoms with E-state index in [0.717, 1.165) is 0 Å². The van der Waals surface area contributed by atoms with Crippen LogP contribution >= 0.6 is 8.02 Å². The number of hydrogen-bond acceptors (Lipinski definition) is 6. The Morgan fingerprint density at radius 3 is 1.53 bits per heavy atom. The fourth-order valence-corrected chi connectivity index (χ4v) is 4.44. The van der Waals surface area contributed by atoms with E-state index in [1.54, 1.807) is 0 Å². The normalized spacial score (nSPS) is 31.4. The van der Waals surface area contributed by atoms with Crippen molar-refractivity contribution < 1.29 is 18.6 Å². The van der Waals surface area contributed by atoms with Gasteiger partial charge in [-0.2, -0.15) is 0 Å². The minimum absolute atomic E-state index is 0.0977. The van der Waals surface area contributed by atoms with Gasteiger partial charge in [-0.05, 0) is 11.8 Å². The summed E-state index contributed by atoms with van der Waals surface area (Å²) in [6.45, 7) is 7.66. The van der Waals surface area contributed by atoms with E-state index in [2.05, 4.69) is 10.2 Å². The first-order valence-corrected chi connectivity index (χ1v) is 7.38. The predicted octanol–water partition coefficient (Wildman–Crippen LogP) is 1.01. The Bertz CT molecular complexity index is 324. The summed E-state index contributed by atoms with van der Waals surface area (Å²) in [6, 6.07) is -0.816. The summed E-state index contributed by atoms with van der Waals surface area (Å²) in [7, 11) is -2.73. The average molecular weight is 261 g/mol. The van der Waals surface area contributed by atoms with Crippen molar-refractivity contribution in [1.82, 2.24) is 10.2 Å². The maximum atomic E-state index is 11.7. The van der Waals surface area contributed by atoms with Gasteiger partial charge in [0.25, 0.3) is 0 Å². The van der Waals surface area contributed by atoms with Crippen molar-refractivity contribution in [3.63, 3.8) is 0 Å². The largest absolute Gasteiger partial charge is 0.528 e. The highest BCUT2D eigenvalue weighted by Gasteiger charge is 2.67. The van der Waals surface area contributed by atoms with E-state index >= 15 is 0 Å². The summed E-state index contributed by atoms with van der Waals surface area (Å²) in [5, 5.41) is 6.03. The molecular formula is C10H18N2O4P+. The standard InChI is InChI=1S/C10H18N2O4P/c1-5(2)7-9(13)15-17(11-7)12-8(6(3)4)10(14)16-17/h5-8,11-12H,1-4H3/q+1/t7-,8-,17?/m1/s1. The van der Waals surface area contributed by atoms with Crippen LogP contribution < -0.4 is 10.2 Å². The van der Waals surface area contributed by atoms with Crippen LogP contribution in [0.15, 0.2) is 0 Å². The molecule has 0 aromatic rings. The van der Waals surface area contributed by atoms with Crippen LogP contribution in [0.25, 0.3) is 0 Å². The summed E-state index contributed by atoms with van der Waals surface area (Å²) in [5.41, 5.74) is 0. The van der Waals surface area contributed by atoms with Gasteiger partial charge in [0, 0.05) is 0 Å². The first-order chi connectivity index (χ1) is 7.84. The van der Waals surface area contributed by atoms with Gasteiger partial charge in [-0.3, -0.25) is 0 Å². The van der Waals surface area contributed by atoms with Gasteiger partial charge in [0.1, 0.15) is 0 Å². The summed E-state index contributed by atoms with van der Waals surface area (Å²) >= 11 is 0. The van der Waals surface area contributed by atoms with Gasteiger partial charge in [-0.1, -0.05) is 37.9 Å². The fraction of sp³-hybridized carbons (Fsp3) is 0.800. The predicted molar refractivity (Wildman–Crippen MR) is 62.6 cm³/mol. The van der Waals surface area contributed by atoms with E-state index in [0.29, 0.717) is 0 Å². The minimum atomic E-state index is -2.73. The first-order valence-electron chi connectivity index (χ1n) is 5.76. The molecule has 2 rings (SSSR count). The smallest absolute Gasteiger partial charge is 0.245 e. The molecule has 2 aliphatic heterocycles. The van der Waals surface area contributed by atoms with E-state index in [1.165, 1.54) is 0 Å². The monoisotopic (exact) mass is 261 g/mol. The molecule has 0 aromatic carbocycles. The third kappa shape index (κ3) is 2.17. The van der Waals surface area contributed by atoms with Crippen LogP contribution in [0, 0.1) is 11.8 Å². The van der Waals surface area contributed by atoms with Gasteiger partial charge in [-0.25, -0.2) is 18.6 Å². The van der Waals surface area contributed by atoms with Crippen LogP contribution in [0.3, 0.4) is 0 Å². The van der Waals surface area contributed by atoms with Crippen molar-refractivity contribution in [2.24, 2.45) is 11.8 Å². The number of carbonyl (C=O) groups is 2. The highest BCUT2D eigenvalue weighted by Crippen LogP contribution is 2.62. The van der Waals surface area contributed by atoms with Gasteiger partial charge in [0.2, 0.25) is 0 Å². The number of nitrogens with one attached hydrogen (secondary N) is 2. The zero-order chi connectivity index (χ0) is 12.8. The van der Waals surface area contributed by atoms with Crippen LogP contribution in [-0.2, 0) is 18.6 Å². The van der Waals surface area contributed by atoms with Crippen molar-refractivity contribution >= 4 is 20.0 Å². The fourth-order valence-electron chi connectivity index (χ4n) is 1.84. The topological polar surface area (TPSA) is 76.7 Å². The molecule has 0 saturated carbocycles. The second-order valence-electron chi connectivity index (χ2n) is 5.07. The lowest BCUT2D eigenvalue weighted by Gasteiger charge is -2.11. The van der Waals surface area contributed by atoms with E-state index in [4.69, 9.17) is 9.05 Å². The Kier molecular flexibility index (Phi) is 3.14. The van der Waals surface area contributed by atoms with Gasteiger partial charge in [0.05, 0.1) is 0 Å². The van der Waals surface area contributed by atoms with Crippen LogP contribution in [-0.4, -0.2) is 24.0 Å². The van der Waals surface area contributed by atoms with Gasteiger partial charge in [0.15, 0.2) is 12.1 Å². The van der Waals surface area contributed by atoms with E-state index in [9.17, 15) is 9.59 Å². The van der Waals surface area contributed by atoms with Crippen molar-refractivity contribution in [3.05, 3.63) is 0 Å². The second kappa shape index (κ2) is 4.19. The van der Waals surface area contributed by atoms with Gasteiger partial charge in [-0.15, -0.1) is 0 Å². The Balaban J connectivity index is 2.14. The first kappa shape index (κ1) is 12.7. The maximum Gasteiger partial charge on any atom is 0.528 e. The molecule has 2 aliphatic rings. The van der Waals surface area contributed by atoms with Gasteiger partial charge < -0.3 is 0 Å². The SMILES string of the molecule is CC(C)[C@H]1N[P+]2(N[C@H](C(C)C)C(=O)O2)OC1=O. The molecule has 7 heteroatoms. The molecule has 17 heavy (non-hydrogen) atoms. The Labute approximate surface area is 101 Å². The van der Waals surface area contributed by atoms with E-state index in [-0.39, 0.29) is 23.8 Å². The lowest BCUT2D eigenvalue weighted by atomic mass is 10.1. The molecule has 2 fully saturated rings. The molecule has 1 spiro atoms. The summed E-state index contributed by atoms with van der Waals surface area (Å²) in [6.07, 6.45) is 0. The van der Waals surface area contributed by atoms with Crippen molar-refractivity contribution in [2.45, 2.75) is 39.8 Å². The molecule has 96 valence electrons. The lowest BCUT2D eigenvalue weighted by molar-refractivity contribution is -0.136. The molecule has 6 nitrogen and oxygen atoms in total. The molecule has 2 N–H and O–H groups in total. The maximum absolute atomic E-state index is 11.7. The number of rotatable bonds is 2. The highest BCUT2D eigenvalue weighted by molar-refractivity contribution is 7.64. The highest BCUT2D eigenvalue weighted by atomic mass is 31.2. The van der Waals surface area contributed by atoms with Crippen LogP contribution in [0.5, 0.6) is 0 Å². The Hall–Kier alpha value is -0.710. The molecule has 0 aliphatic carbocycles. The molecule has 2 saturated heterocycles. The zero-order valence-electron chi connectivity index (χ0n) is 10.4. The third-order valence-electron chi connectivity index (χ3n) is 2.90. The quantitative estimate of drug-likeness (QED) is 0.722. The molecule has 2 heterocycles. The summed E-state index contributed by atoms with van der Waals surface area (Å²) in [4.78, 5) is 23.3. The third-order valence-corrected chi connectivity index (χ3v) is 5.01. The minimum Gasteiger partial charge on any atom is -0.245 e. The zero-order valence-corrected chi connectivity index (χ0v) is 11.3. The van der Waals surface area contributed by atoms with Crippen molar-refractivity contribution in [1.29, 1.82) is 0 Å². The second-order valence-corrected chi connectivity index (χ2v) is 7.06. The molecule has 0 amide bonds. The molecule has 0 aromatic heterocycles. The molecule has 0 unspecified atom stereocenters. The van der Waals surface area contributed by atoms with E-state index in [1.807, 2.05) is 27.7 Å². The number of hydrogen-bond donors (Lipinski definition) is 2. The number of carbonyl (C=O) groups excluding carboxylic acids is 2. The van der Waals surface area contributed by atoms with Crippen molar-refractivity contribution in [2.75, 3.05) is 0 Å². The van der Waals surface area contributed by atoms with Crippen LogP contribution in [0.4, 0.5) is 0 Å². The summed E-state index contributed by atoms with van der Waals surface area (Å²) < 4.78 is 10.5. The van der Waals surface area contributed by atoms with E-state index < -0.39 is 20.1 Å². The molecule has 2 atom stereocenters. The Morgan fingerprint density at radius 1 is 0.941 bits per heavy atom. The molecule has 0 radical (unpaired) electrons.